The highest BCUT2D eigenvalue weighted by atomic mass is 16.5. The number of carboxylic acids is 1. The molecular formula is C46H58N2O10. The molecular weight excluding hydrogens is 741 g/mol. The van der Waals surface area contributed by atoms with Crippen molar-refractivity contribution in [2.24, 2.45) is 5.92 Å². The lowest BCUT2D eigenvalue weighted by Crippen LogP contribution is -2.33. The number of aliphatic carboxylic acids is 1. The highest BCUT2D eigenvalue weighted by Crippen LogP contribution is 2.45. The zero-order valence-electron chi connectivity index (χ0n) is 34.7. The van der Waals surface area contributed by atoms with Crippen molar-refractivity contribution in [3.63, 3.8) is 0 Å². The molecule has 12 nitrogen and oxygen atoms in total. The summed E-state index contributed by atoms with van der Waals surface area (Å²) in [6.07, 6.45) is 4.63. The molecule has 12 heteroatoms. The minimum Gasteiger partial charge on any atom is -0.493 e. The monoisotopic (exact) mass is 798 g/mol. The van der Waals surface area contributed by atoms with E-state index in [-0.39, 0.29) is 43.5 Å². The second kappa shape index (κ2) is 19.9. The van der Waals surface area contributed by atoms with Crippen LogP contribution in [0.1, 0.15) is 90.8 Å². The molecule has 4 aromatic rings. The molecule has 0 spiro atoms. The highest BCUT2D eigenvalue weighted by molar-refractivity contribution is 5.97. The first-order valence-electron chi connectivity index (χ1n) is 20.2. The molecule has 2 aliphatic carbocycles. The average molecular weight is 799 g/mol. The van der Waals surface area contributed by atoms with Crippen molar-refractivity contribution >= 4 is 16.7 Å². The lowest BCUT2D eigenvalue weighted by atomic mass is 9.67. The van der Waals surface area contributed by atoms with Gasteiger partial charge < -0.3 is 43.7 Å². The lowest BCUT2D eigenvalue weighted by Gasteiger charge is -2.34. The molecule has 0 bridgehead atoms. The summed E-state index contributed by atoms with van der Waals surface area (Å²) in [7, 11) is 3.18. The van der Waals surface area contributed by atoms with Crippen LogP contribution in [0.3, 0.4) is 0 Å². The number of fused-ring (bicyclic) bond motifs is 1. The van der Waals surface area contributed by atoms with Crippen LogP contribution in [0.25, 0.3) is 22.0 Å². The first kappa shape index (κ1) is 43.9. The number of aliphatic hydroxyl groups is 2. The van der Waals surface area contributed by atoms with Crippen LogP contribution in [-0.4, -0.2) is 78.1 Å². The summed E-state index contributed by atoms with van der Waals surface area (Å²) in [6, 6.07) is 19.8. The zero-order valence-corrected chi connectivity index (χ0v) is 34.7. The fourth-order valence-corrected chi connectivity index (χ4v) is 7.63. The van der Waals surface area contributed by atoms with E-state index in [0.717, 1.165) is 64.0 Å². The first-order valence-corrected chi connectivity index (χ1v) is 20.2. The van der Waals surface area contributed by atoms with Crippen LogP contribution in [-0.2, 0) is 16.6 Å². The second-order valence-corrected chi connectivity index (χ2v) is 15.5. The summed E-state index contributed by atoms with van der Waals surface area (Å²) >= 11 is 0. The largest absolute Gasteiger partial charge is 0.493 e. The number of aliphatic hydroxyl groups excluding tert-OH is 2. The van der Waals surface area contributed by atoms with Gasteiger partial charge in [-0.3, -0.25) is 9.78 Å². The molecule has 3 N–H and O–H groups in total. The average Bonchev–Trinajstić information content (AvgIpc) is 3.62. The summed E-state index contributed by atoms with van der Waals surface area (Å²) in [4.78, 5) is 16.2. The first-order chi connectivity index (χ1) is 27.8. The van der Waals surface area contributed by atoms with E-state index in [0.29, 0.717) is 55.1 Å². The Kier molecular flexibility index (Phi) is 15.1. The minimum atomic E-state index is -0.782. The van der Waals surface area contributed by atoms with Crippen molar-refractivity contribution in [1.29, 1.82) is 5.26 Å². The van der Waals surface area contributed by atoms with E-state index in [4.69, 9.17) is 38.5 Å². The number of hydrogen-bond donors (Lipinski definition) is 3. The van der Waals surface area contributed by atoms with Gasteiger partial charge in [0.25, 0.3) is 0 Å². The summed E-state index contributed by atoms with van der Waals surface area (Å²) < 4.78 is 34.7. The van der Waals surface area contributed by atoms with Gasteiger partial charge >= 0.3 is 5.97 Å². The van der Waals surface area contributed by atoms with Crippen molar-refractivity contribution < 1.29 is 48.5 Å². The minimum absolute atomic E-state index is 0.0372. The molecule has 3 aromatic carbocycles. The number of hydrogen-bond acceptors (Lipinski definition) is 11. The van der Waals surface area contributed by atoms with Gasteiger partial charge in [0, 0.05) is 29.1 Å². The number of benzene rings is 3. The van der Waals surface area contributed by atoms with Gasteiger partial charge in [0.1, 0.15) is 24.2 Å². The van der Waals surface area contributed by atoms with Gasteiger partial charge in [0.2, 0.25) is 0 Å². The van der Waals surface area contributed by atoms with Crippen LogP contribution in [0, 0.1) is 17.2 Å². The molecule has 58 heavy (non-hydrogen) atoms. The van der Waals surface area contributed by atoms with Gasteiger partial charge in [-0.15, -0.1) is 0 Å². The maximum absolute atomic E-state index is 11.2. The van der Waals surface area contributed by atoms with Crippen molar-refractivity contribution in [3.05, 3.63) is 65.9 Å². The predicted molar refractivity (Wildman–Crippen MR) is 221 cm³/mol. The highest BCUT2D eigenvalue weighted by Gasteiger charge is 2.40. The Morgan fingerprint density at radius 3 is 2.09 bits per heavy atom. The van der Waals surface area contributed by atoms with Crippen LogP contribution in [0.2, 0.25) is 0 Å². The quantitative estimate of drug-likeness (QED) is 0.105. The van der Waals surface area contributed by atoms with Crippen LogP contribution in [0.5, 0.6) is 34.5 Å². The van der Waals surface area contributed by atoms with E-state index in [9.17, 15) is 20.3 Å². The maximum atomic E-state index is 11.2. The summed E-state index contributed by atoms with van der Waals surface area (Å²) in [5.74, 6) is 2.68. The molecule has 1 heterocycles. The standard InChI is InChI=1S/C26H33NO5.C20H25NO5/c1-7-20-10-18-13-25(30-9-8-28)24(29-6)15-23(18)26(27-20)19-11-21(31-16(2)3)14-22(12-19)32-17(4)5;1-25-17-5-2-14(10-18(17)26-16-4-3-15(22)11-16)20(12-21)8-6-13(7-9-20)19(23)24/h10-17,28H,7-9H2,1-6H3;2,5,10,13,15-16,22H,3-4,6-9,11H2,1H3,(H,23,24)/t;13?,15-,16+,20?/m.1/s1. The molecule has 0 radical (unpaired) electrons. The SMILES string of the molecule is CCc1cc2cc(OCCO)c(OC)cc2c(-c2cc(OC(C)C)cc(OC(C)C)c2)n1.COc1ccc(C2(C#N)CCC(C(=O)O)CC2)cc1O[C@H]1CC[C@@H](O)C1. The fourth-order valence-electron chi connectivity index (χ4n) is 7.63. The van der Waals surface area contributed by atoms with Gasteiger partial charge in [-0.25, -0.2) is 0 Å². The number of carboxylic acid groups (broad SMARTS) is 1. The summed E-state index contributed by atoms with van der Waals surface area (Å²) in [6.45, 7) is 10.2. The van der Waals surface area contributed by atoms with E-state index in [1.807, 2.05) is 70.2 Å². The smallest absolute Gasteiger partial charge is 0.306 e. The van der Waals surface area contributed by atoms with E-state index in [2.05, 4.69) is 19.1 Å². The Morgan fingerprint density at radius 2 is 1.55 bits per heavy atom. The summed E-state index contributed by atoms with van der Waals surface area (Å²) in [5, 5.41) is 39.8. The third-order valence-electron chi connectivity index (χ3n) is 10.5. The molecule has 0 saturated heterocycles. The number of carbonyl (C=O) groups is 1. The number of ether oxygens (including phenoxy) is 6. The molecule has 0 aliphatic heterocycles. The number of pyridine rings is 1. The number of aromatic nitrogens is 1. The van der Waals surface area contributed by atoms with Crippen molar-refractivity contribution in [1.82, 2.24) is 4.98 Å². The molecule has 0 unspecified atom stereocenters. The lowest BCUT2D eigenvalue weighted by molar-refractivity contribution is -0.143. The van der Waals surface area contributed by atoms with E-state index < -0.39 is 11.4 Å². The van der Waals surface area contributed by atoms with Gasteiger partial charge in [-0.05, 0) is 126 Å². The Hall–Kier alpha value is -5.25. The molecule has 1 aromatic heterocycles. The third kappa shape index (κ3) is 10.8. The van der Waals surface area contributed by atoms with Crippen LogP contribution in [0.15, 0.2) is 54.6 Å². The van der Waals surface area contributed by atoms with Crippen LogP contribution in [0.4, 0.5) is 0 Å². The number of nitriles is 1. The zero-order chi connectivity index (χ0) is 42.0. The molecule has 2 aliphatic rings. The Morgan fingerprint density at radius 1 is 0.879 bits per heavy atom. The maximum Gasteiger partial charge on any atom is 0.306 e. The van der Waals surface area contributed by atoms with Gasteiger partial charge in [0.15, 0.2) is 23.0 Å². The van der Waals surface area contributed by atoms with Crippen LogP contribution < -0.4 is 28.4 Å². The van der Waals surface area contributed by atoms with E-state index in [1.54, 1.807) is 20.3 Å². The predicted octanol–water partition coefficient (Wildman–Crippen LogP) is 8.44. The normalized spacial score (nSPS) is 20.2. The number of aryl methyl sites for hydroxylation is 1. The Bertz CT molecular complexity index is 2020. The third-order valence-corrected chi connectivity index (χ3v) is 10.5. The molecule has 2 atom stereocenters. The van der Waals surface area contributed by atoms with Gasteiger partial charge in [-0.1, -0.05) is 13.0 Å². The molecule has 2 saturated carbocycles. The molecule has 6 rings (SSSR count). The molecule has 0 amide bonds. The van der Waals surface area contributed by atoms with Gasteiger partial charge in [0.05, 0.1) is 62.2 Å². The number of methoxy groups -OCH3 is 2. The van der Waals surface area contributed by atoms with Crippen LogP contribution >= 0.6 is 0 Å². The van der Waals surface area contributed by atoms with Gasteiger partial charge in [-0.2, -0.15) is 5.26 Å². The number of rotatable bonds is 15. The Balaban J connectivity index is 0.000000226. The molecule has 312 valence electrons. The van der Waals surface area contributed by atoms with Crippen molar-refractivity contribution in [2.45, 2.75) is 116 Å². The fraction of sp³-hybridized carbons (Fsp3) is 0.500. The summed E-state index contributed by atoms with van der Waals surface area (Å²) in [5.41, 5.74) is 2.86. The number of nitrogens with zero attached hydrogens (tertiary/aromatic N) is 2. The second-order valence-electron chi connectivity index (χ2n) is 15.5. The Labute approximate surface area is 341 Å². The van der Waals surface area contributed by atoms with E-state index in [1.165, 1.54) is 0 Å². The molecule has 2 fully saturated rings. The topological polar surface area (TPSA) is 170 Å². The van der Waals surface area contributed by atoms with E-state index >= 15 is 0 Å². The van der Waals surface area contributed by atoms with Crippen molar-refractivity contribution in [2.75, 3.05) is 27.4 Å². The van der Waals surface area contributed by atoms with Crippen molar-refractivity contribution in [3.8, 4) is 51.8 Å².